The Bertz CT molecular complexity index is 453. The second-order valence-corrected chi connectivity index (χ2v) is 4.03. The minimum Gasteiger partial charge on any atom is -0.380 e. The molecular weight excluding hydrogens is 238 g/mol. The van der Waals surface area contributed by atoms with Gasteiger partial charge in [0.05, 0.1) is 11.0 Å². The molecule has 1 aliphatic rings. The molecule has 8 heteroatoms. The molecule has 0 spiro atoms. The normalized spacial score (nSPS) is 19.0. The Morgan fingerprint density at radius 1 is 1.67 bits per heavy atom. The topological polar surface area (TPSA) is 107 Å². The van der Waals surface area contributed by atoms with Gasteiger partial charge in [0.1, 0.15) is 5.82 Å². The number of nitrogens with two attached hydrogens (primary N) is 1. The van der Waals surface area contributed by atoms with Crippen molar-refractivity contribution in [3.05, 3.63) is 22.2 Å². The Kier molecular flexibility index (Phi) is 3.58. The van der Waals surface area contributed by atoms with E-state index in [1.807, 2.05) is 4.90 Å². The van der Waals surface area contributed by atoms with Gasteiger partial charge in [-0.25, -0.2) is 10.8 Å². The molecule has 1 unspecified atom stereocenters. The molecule has 0 saturated carbocycles. The fraction of sp³-hybridized carbons (Fsp3) is 0.500. The van der Waals surface area contributed by atoms with Crippen LogP contribution in [-0.2, 0) is 4.74 Å². The molecule has 2 rings (SSSR count). The van der Waals surface area contributed by atoms with E-state index < -0.39 is 4.92 Å². The third kappa shape index (κ3) is 2.34. The number of hydrazine groups is 1. The average Bonchev–Trinajstić information content (AvgIpc) is 2.86. The lowest BCUT2D eigenvalue weighted by Gasteiger charge is -2.17. The monoisotopic (exact) mass is 253 g/mol. The van der Waals surface area contributed by atoms with E-state index in [1.165, 1.54) is 12.1 Å². The van der Waals surface area contributed by atoms with Crippen LogP contribution < -0.4 is 16.2 Å². The molecule has 2 heterocycles. The molecule has 0 aromatic carbocycles. The van der Waals surface area contributed by atoms with Crippen LogP contribution in [0.25, 0.3) is 0 Å². The van der Waals surface area contributed by atoms with Crippen LogP contribution in [0.4, 0.5) is 17.3 Å². The van der Waals surface area contributed by atoms with Gasteiger partial charge in [0, 0.05) is 26.3 Å². The molecule has 0 aliphatic carbocycles. The molecule has 1 atom stereocenters. The summed E-state index contributed by atoms with van der Waals surface area (Å²) >= 11 is 0. The SMILES string of the molecule is COC1CCN(c2nc(NN)ccc2[N+](=O)[O-])C1. The highest BCUT2D eigenvalue weighted by Gasteiger charge is 2.29. The predicted octanol–water partition coefficient (Wildman–Crippen LogP) is 0.500. The van der Waals surface area contributed by atoms with Crippen molar-refractivity contribution in [2.45, 2.75) is 12.5 Å². The fourth-order valence-electron chi connectivity index (χ4n) is 2.01. The number of aromatic nitrogens is 1. The van der Waals surface area contributed by atoms with Crippen LogP contribution in [0.1, 0.15) is 6.42 Å². The Balaban J connectivity index is 2.32. The fourth-order valence-corrected chi connectivity index (χ4v) is 2.01. The van der Waals surface area contributed by atoms with Crippen molar-refractivity contribution in [2.75, 3.05) is 30.5 Å². The zero-order chi connectivity index (χ0) is 13.1. The molecular formula is C10H15N5O3. The number of nitro groups is 1. The lowest BCUT2D eigenvalue weighted by Crippen LogP contribution is -2.24. The van der Waals surface area contributed by atoms with Crippen LogP contribution in [0, 0.1) is 10.1 Å². The average molecular weight is 253 g/mol. The number of ether oxygens (including phenoxy) is 1. The maximum atomic E-state index is 11.0. The van der Waals surface area contributed by atoms with Crippen LogP contribution in [0.5, 0.6) is 0 Å². The largest absolute Gasteiger partial charge is 0.380 e. The highest BCUT2D eigenvalue weighted by atomic mass is 16.6. The first-order chi connectivity index (χ1) is 8.65. The summed E-state index contributed by atoms with van der Waals surface area (Å²) in [5.41, 5.74) is 2.37. The van der Waals surface area contributed by atoms with Crippen LogP contribution in [0.2, 0.25) is 0 Å². The van der Waals surface area contributed by atoms with Gasteiger partial charge in [-0.1, -0.05) is 0 Å². The number of anilines is 2. The molecule has 1 fully saturated rings. The number of nitrogens with one attached hydrogen (secondary N) is 1. The second-order valence-electron chi connectivity index (χ2n) is 4.03. The summed E-state index contributed by atoms with van der Waals surface area (Å²) in [6, 6.07) is 2.88. The van der Waals surface area contributed by atoms with Crippen molar-refractivity contribution in [1.29, 1.82) is 0 Å². The van der Waals surface area contributed by atoms with E-state index in [9.17, 15) is 10.1 Å². The number of nitrogen functional groups attached to an aromatic ring is 1. The quantitative estimate of drug-likeness (QED) is 0.457. The summed E-state index contributed by atoms with van der Waals surface area (Å²) in [5, 5.41) is 11.0. The van der Waals surface area contributed by atoms with E-state index in [4.69, 9.17) is 10.6 Å². The van der Waals surface area contributed by atoms with E-state index in [1.54, 1.807) is 7.11 Å². The summed E-state index contributed by atoms with van der Waals surface area (Å²) in [6.45, 7) is 1.28. The van der Waals surface area contributed by atoms with Crippen molar-refractivity contribution < 1.29 is 9.66 Å². The van der Waals surface area contributed by atoms with Crippen LogP contribution in [-0.4, -0.2) is 36.2 Å². The lowest BCUT2D eigenvalue weighted by atomic mass is 10.3. The summed E-state index contributed by atoms with van der Waals surface area (Å²) in [4.78, 5) is 16.5. The highest BCUT2D eigenvalue weighted by molar-refractivity contribution is 5.62. The van der Waals surface area contributed by atoms with Crippen molar-refractivity contribution >= 4 is 17.3 Å². The molecule has 1 saturated heterocycles. The molecule has 3 N–H and O–H groups in total. The van der Waals surface area contributed by atoms with Crippen molar-refractivity contribution in [3.8, 4) is 0 Å². The molecule has 1 aliphatic heterocycles. The van der Waals surface area contributed by atoms with Gasteiger partial charge in [-0.05, 0) is 12.5 Å². The number of hydrogen-bond acceptors (Lipinski definition) is 7. The summed E-state index contributed by atoms with van der Waals surface area (Å²) < 4.78 is 5.24. The van der Waals surface area contributed by atoms with Crippen molar-refractivity contribution in [1.82, 2.24) is 4.98 Å². The third-order valence-corrected chi connectivity index (χ3v) is 2.98. The molecule has 8 nitrogen and oxygen atoms in total. The third-order valence-electron chi connectivity index (χ3n) is 2.98. The van der Waals surface area contributed by atoms with Crippen LogP contribution in [0.15, 0.2) is 12.1 Å². The van der Waals surface area contributed by atoms with Crippen LogP contribution in [0.3, 0.4) is 0 Å². The number of hydrogen-bond donors (Lipinski definition) is 2. The first-order valence-electron chi connectivity index (χ1n) is 5.55. The van der Waals surface area contributed by atoms with Gasteiger partial charge in [0.25, 0.3) is 0 Å². The molecule has 1 aromatic rings. The maximum absolute atomic E-state index is 11.0. The van der Waals surface area contributed by atoms with Crippen LogP contribution >= 0.6 is 0 Å². The van der Waals surface area contributed by atoms with E-state index in [0.29, 0.717) is 24.7 Å². The van der Waals surface area contributed by atoms with Gasteiger partial charge in [0.2, 0.25) is 5.82 Å². The minimum atomic E-state index is -0.442. The Labute approximate surface area is 104 Å². The van der Waals surface area contributed by atoms with E-state index in [2.05, 4.69) is 10.4 Å². The van der Waals surface area contributed by atoms with Gasteiger partial charge in [-0.15, -0.1) is 0 Å². The first-order valence-corrected chi connectivity index (χ1v) is 5.55. The van der Waals surface area contributed by atoms with Gasteiger partial charge >= 0.3 is 5.69 Å². The highest BCUT2D eigenvalue weighted by Crippen LogP contribution is 2.30. The Morgan fingerprint density at radius 3 is 3.00 bits per heavy atom. The molecule has 1 aromatic heterocycles. The predicted molar refractivity (Wildman–Crippen MR) is 66.3 cm³/mol. The summed E-state index contributed by atoms with van der Waals surface area (Å²) in [5.74, 6) is 6.00. The molecule has 0 radical (unpaired) electrons. The van der Waals surface area contributed by atoms with Gasteiger partial charge in [-0.2, -0.15) is 0 Å². The smallest absolute Gasteiger partial charge is 0.311 e. The Morgan fingerprint density at radius 2 is 2.44 bits per heavy atom. The number of rotatable bonds is 4. The number of nitrogens with zero attached hydrogens (tertiary/aromatic N) is 3. The van der Waals surface area contributed by atoms with Gasteiger partial charge in [0.15, 0.2) is 0 Å². The standard InChI is InChI=1S/C10H15N5O3/c1-18-7-4-5-14(6-7)10-8(15(16)17)2-3-9(12-10)13-11/h2-3,7H,4-6,11H2,1H3,(H,12,13). The summed E-state index contributed by atoms with van der Waals surface area (Å²) in [6.07, 6.45) is 0.913. The van der Waals surface area contributed by atoms with Gasteiger partial charge in [-0.3, -0.25) is 10.1 Å². The maximum Gasteiger partial charge on any atom is 0.311 e. The molecule has 98 valence electrons. The number of pyridine rings is 1. The second kappa shape index (κ2) is 5.15. The molecule has 0 amide bonds. The number of methoxy groups -OCH3 is 1. The molecule has 18 heavy (non-hydrogen) atoms. The lowest BCUT2D eigenvalue weighted by molar-refractivity contribution is -0.384. The van der Waals surface area contributed by atoms with Crippen molar-refractivity contribution in [2.24, 2.45) is 5.84 Å². The van der Waals surface area contributed by atoms with E-state index >= 15 is 0 Å². The molecule has 0 bridgehead atoms. The van der Waals surface area contributed by atoms with Crippen molar-refractivity contribution in [3.63, 3.8) is 0 Å². The summed E-state index contributed by atoms with van der Waals surface area (Å²) in [7, 11) is 1.63. The zero-order valence-corrected chi connectivity index (χ0v) is 10.00. The zero-order valence-electron chi connectivity index (χ0n) is 10.00. The Hall–Kier alpha value is -1.93. The minimum absolute atomic E-state index is 0.0225. The van der Waals surface area contributed by atoms with E-state index in [-0.39, 0.29) is 11.8 Å². The van der Waals surface area contributed by atoms with Gasteiger partial charge < -0.3 is 15.1 Å². The first kappa shape index (κ1) is 12.5. The van der Waals surface area contributed by atoms with E-state index in [0.717, 1.165) is 6.42 Å².